The van der Waals surface area contributed by atoms with Gasteiger partial charge < -0.3 is 4.74 Å². The molecule has 0 aliphatic rings. The van der Waals surface area contributed by atoms with E-state index in [9.17, 15) is 9.59 Å². The number of ketones is 1. The Kier molecular flexibility index (Phi) is 6.43. The maximum Gasteiger partial charge on any atom is 0.316 e. The van der Waals surface area contributed by atoms with Gasteiger partial charge in [-0.1, -0.05) is 13.8 Å². The summed E-state index contributed by atoms with van der Waals surface area (Å²) in [5.41, 5.74) is 3.99. The van der Waals surface area contributed by atoms with E-state index in [-0.39, 0.29) is 11.7 Å². The van der Waals surface area contributed by atoms with Crippen molar-refractivity contribution in [3.63, 3.8) is 0 Å². The number of hydrogen-bond donors (Lipinski definition) is 0. The predicted molar refractivity (Wildman–Crippen MR) is 62.9 cm³/mol. The normalized spacial score (nSPS) is 11.6. The van der Waals surface area contributed by atoms with Crippen LogP contribution in [-0.4, -0.2) is 18.9 Å². The quantitative estimate of drug-likeness (QED) is 0.409. The summed E-state index contributed by atoms with van der Waals surface area (Å²) in [6.45, 7) is 7.38. The predicted octanol–water partition coefficient (Wildman–Crippen LogP) is 2.51. The second-order valence-electron chi connectivity index (χ2n) is 4.22. The minimum absolute atomic E-state index is 0.0846. The fourth-order valence-corrected chi connectivity index (χ4v) is 1.25. The average Bonchev–Trinajstić information content (AvgIpc) is 2.22. The molecule has 0 fully saturated rings. The van der Waals surface area contributed by atoms with Crippen LogP contribution in [0.1, 0.15) is 34.1 Å². The lowest BCUT2D eigenvalue weighted by atomic mass is 9.92. The van der Waals surface area contributed by atoms with Gasteiger partial charge in [0.1, 0.15) is 11.7 Å². The molecule has 1 unspecified atom stereocenters. The molecule has 1 atom stereocenters. The largest absolute Gasteiger partial charge is 0.468 e. The average molecular weight is 224 g/mol. The van der Waals surface area contributed by atoms with Crippen LogP contribution in [-0.2, 0) is 14.3 Å². The Balaban J connectivity index is 4.77. The Hall–Kier alpha value is -1.34. The highest BCUT2D eigenvalue weighted by Crippen LogP contribution is 2.13. The van der Waals surface area contributed by atoms with Crippen molar-refractivity contribution in [3.05, 3.63) is 17.4 Å². The number of hydrogen-bond acceptors (Lipinski definition) is 3. The number of Topliss-reactive ketones (excluding diaryl/α,β-unsaturated/α-hetero) is 1. The molecule has 0 spiro atoms. The van der Waals surface area contributed by atoms with Crippen molar-refractivity contribution in [1.29, 1.82) is 0 Å². The second-order valence-corrected chi connectivity index (χ2v) is 4.22. The fraction of sp³-hybridized carbons (Fsp3) is 0.615. The molecular weight excluding hydrogens is 204 g/mol. The third-order valence-electron chi connectivity index (χ3n) is 2.14. The Bertz CT molecular complexity index is 316. The molecule has 0 saturated carbocycles. The molecule has 3 heteroatoms. The first kappa shape index (κ1) is 14.7. The maximum absolute atomic E-state index is 11.8. The SMILES string of the molecule is COC(=O)C(CC=C=C(C)C)C(=O)C(C)C. The van der Waals surface area contributed by atoms with Gasteiger partial charge in [0.2, 0.25) is 0 Å². The van der Waals surface area contributed by atoms with Crippen LogP contribution in [0, 0.1) is 11.8 Å². The van der Waals surface area contributed by atoms with Gasteiger partial charge in [-0.2, -0.15) is 0 Å². The summed E-state index contributed by atoms with van der Waals surface area (Å²) in [7, 11) is 1.30. The molecule has 3 nitrogen and oxygen atoms in total. The molecule has 0 bridgehead atoms. The summed E-state index contributed by atoms with van der Waals surface area (Å²) in [5, 5.41) is 0. The zero-order valence-corrected chi connectivity index (χ0v) is 10.7. The molecule has 0 rings (SSSR count). The number of rotatable bonds is 5. The van der Waals surface area contributed by atoms with E-state index in [1.165, 1.54) is 7.11 Å². The van der Waals surface area contributed by atoms with E-state index in [1.807, 2.05) is 13.8 Å². The van der Waals surface area contributed by atoms with E-state index in [4.69, 9.17) is 0 Å². The molecule has 16 heavy (non-hydrogen) atoms. The van der Waals surface area contributed by atoms with Crippen LogP contribution < -0.4 is 0 Å². The van der Waals surface area contributed by atoms with Gasteiger partial charge in [-0.25, -0.2) is 0 Å². The first-order valence-corrected chi connectivity index (χ1v) is 5.40. The molecular formula is C13H20O3. The van der Waals surface area contributed by atoms with E-state index in [1.54, 1.807) is 19.9 Å². The molecule has 0 heterocycles. The van der Waals surface area contributed by atoms with Gasteiger partial charge in [-0.15, -0.1) is 5.73 Å². The van der Waals surface area contributed by atoms with Crippen molar-refractivity contribution in [3.8, 4) is 0 Å². The van der Waals surface area contributed by atoms with E-state index >= 15 is 0 Å². The Morgan fingerprint density at radius 1 is 1.31 bits per heavy atom. The summed E-state index contributed by atoms with van der Waals surface area (Å²) in [4.78, 5) is 23.2. The molecule has 0 saturated heterocycles. The standard InChI is InChI=1S/C13H20O3/c1-9(2)7-6-8-11(13(15)16-5)12(14)10(3)4/h6,10-11H,8H2,1-5H3. The summed E-state index contributed by atoms with van der Waals surface area (Å²) in [5.74, 6) is -1.41. The summed E-state index contributed by atoms with van der Waals surface area (Å²) < 4.78 is 4.63. The van der Waals surface area contributed by atoms with Gasteiger partial charge in [0.05, 0.1) is 7.11 Å². The second kappa shape index (κ2) is 7.02. The Morgan fingerprint density at radius 3 is 2.25 bits per heavy atom. The van der Waals surface area contributed by atoms with E-state index in [0.29, 0.717) is 6.42 Å². The van der Waals surface area contributed by atoms with Crippen molar-refractivity contribution >= 4 is 11.8 Å². The van der Waals surface area contributed by atoms with Crippen molar-refractivity contribution in [2.45, 2.75) is 34.1 Å². The minimum Gasteiger partial charge on any atom is -0.468 e. The molecule has 0 aromatic rings. The first-order valence-electron chi connectivity index (χ1n) is 5.40. The third-order valence-corrected chi connectivity index (χ3v) is 2.14. The van der Waals surface area contributed by atoms with Gasteiger partial charge in [-0.3, -0.25) is 9.59 Å². The molecule has 90 valence electrons. The number of allylic oxidation sites excluding steroid dienone is 1. The van der Waals surface area contributed by atoms with Gasteiger partial charge in [0.25, 0.3) is 0 Å². The van der Waals surface area contributed by atoms with Gasteiger partial charge >= 0.3 is 5.97 Å². The van der Waals surface area contributed by atoms with Crippen molar-refractivity contribution in [1.82, 2.24) is 0 Å². The van der Waals surface area contributed by atoms with Gasteiger partial charge in [0.15, 0.2) is 0 Å². The van der Waals surface area contributed by atoms with Crippen molar-refractivity contribution < 1.29 is 14.3 Å². The zero-order chi connectivity index (χ0) is 12.7. The van der Waals surface area contributed by atoms with Crippen LogP contribution in [0.3, 0.4) is 0 Å². The molecule has 0 aromatic heterocycles. The topological polar surface area (TPSA) is 43.4 Å². The number of esters is 1. The third kappa shape index (κ3) is 4.94. The monoisotopic (exact) mass is 224 g/mol. The van der Waals surface area contributed by atoms with Crippen LogP contribution in [0.2, 0.25) is 0 Å². The molecule has 0 N–H and O–H groups in total. The molecule has 0 aromatic carbocycles. The van der Waals surface area contributed by atoms with Crippen LogP contribution in [0.4, 0.5) is 0 Å². The Morgan fingerprint density at radius 2 is 1.88 bits per heavy atom. The lowest BCUT2D eigenvalue weighted by molar-refractivity contribution is -0.150. The number of carbonyl (C=O) groups is 2. The number of methoxy groups -OCH3 is 1. The molecule has 0 aliphatic carbocycles. The minimum atomic E-state index is -0.697. The highest BCUT2D eigenvalue weighted by molar-refractivity contribution is 5.99. The lowest BCUT2D eigenvalue weighted by Crippen LogP contribution is -2.28. The highest BCUT2D eigenvalue weighted by Gasteiger charge is 2.27. The van der Waals surface area contributed by atoms with Crippen LogP contribution in [0.25, 0.3) is 0 Å². The van der Waals surface area contributed by atoms with Crippen LogP contribution in [0.15, 0.2) is 17.4 Å². The molecule has 0 radical (unpaired) electrons. The van der Waals surface area contributed by atoms with E-state index in [0.717, 1.165) is 5.57 Å². The van der Waals surface area contributed by atoms with Gasteiger partial charge in [0, 0.05) is 5.92 Å². The first-order chi connectivity index (χ1) is 7.40. The van der Waals surface area contributed by atoms with Gasteiger partial charge in [-0.05, 0) is 31.9 Å². The zero-order valence-electron chi connectivity index (χ0n) is 10.7. The highest BCUT2D eigenvalue weighted by atomic mass is 16.5. The number of ether oxygens (including phenoxy) is 1. The maximum atomic E-state index is 11.8. The Labute approximate surface area is 97.2 Å². The van der Waals surface area contributed by atoms with E-state index < -0.39 is 11.9 Å². The summed E-state index contributed by atoms with van der Waals surface area (Å²) in [6.07, 6.45) is 2.08. The van der Waals surface area contributed by atoms with Crippen LogP contribution in [0.5, 0.6) is 0 Å². The lowest BCUT2D eigenvalue weighted by Gasteiger charge is -2.13. The van der Waals surface area contributed by atoms with Crippen molar-refractivity contribution in [2.75, 3.05) is 7.11 Å². The molecule has 0 aliphatic heterocycles. The van der Waals surface area contributed by atoms with E-state index in [2.05, 4.69) is 10.5 Å². The number of carbonyl (C=O) groups excluding carboxylic acids is 2. The smallest absolute Gasteiger partial charge is 0.316 e. The summed E-state index contributed by atoms with van der Waals surface area (Å²) in [6, 6.07) is 0. The van der Waals surface area contributed by atoms with Crippen LogP contribution >= 0.6 is 0 Å². The fourth-order valence-electron chi connectivity index (χ4n) is 1.25. The van der Waals surface area contributed by atoms with Crippen molar-refractivity contribution in [2.24, 2.45) is 11.8 Å². The molecule has 0 amide bonds. The summed E-state index contributed by atoms with van der Waals surface area (Å²) >= 11 is 0.